The van der Waals surface area contributed by atoms with Crippen molar-refractivity contribution in [1.29, 1.82) is 5.26 Å². The van der Waals surface area contributed by atoms with Crippen LogP contribution in [0.2, 0.25) is 6.04 Å². The van der Waals surface area contributed by atoms with Gasteiger partial charge in [-0.1, -0.05) is 0 Å². The summed E-state index contributed by atoms with van der Waals surface area (Å²) in [4.78, 5) is 0. The number of nitriles is 1. The molecule has 0 fully saturated rings. The standard InChI is InChI=1S/C7H15NO3Si/c1-4-11-12(9-2,10-3)7-5-6-8/h4-5,7H2,1-3H3. The molecule has 0 N–H and O–H groups in total. The van der Waals surface area contributed by atoms with Crippen LogP contribution in [0.15, 0.2) is 0 Å². The fourth-order valence-electron chi connectivity index (χ4n) is 0.906. The third kappa shape index (κ3) is 3.32. The molecule has 0 aliphatic rings. The van der Waals surface area contributed by atoms with Gasteiger partial charge in [-0.3, -0.25) is 0 Å². The Kier molecular flexibility index (Phi) is 5.93. The molecule has 5 heteroatoms. The Morgan fingerprint density at radius 3 is 2.25 bits per heavy atom. The molecule has 0 aromatic heterocycles. The molecule has 0 aromatic rings. The summed E-state index contributed by atoms with van der Waals surface area (Å²) in [7, 11) is 0.630. The molecule has 70 valence electrons. The van der Waals surface area contributed by atoms with E-state index in [9.17, 15) is 0 Å². The van der Waals surface area contributed by atoms with Crippen LogP contribution in [0, 0.1) is 11.3 Å². The van der Waals surface area contributed by atoms with Crippen molar-refractivity contribution in [1.82, 2.24) is 0 Å². The van der Waals surface area contributed by atoms with Crippen molar-refractivity contribution in [3.8, 4) is 6.07 Å². The van der Waals surface area contributed by atoms with Crippen LogP contribution >= 0.6 is 0 Å². The summed E-state index contributed by atoms with van der Waals surface area (Å²) >= 11 is 0. The Balaban J connectivity index is 4.06. The Bertz CT molecular complexity index is 153. The number of hydrogen-bond acceptors (Lipinski definition) is 4. The van der Waals surface area contributed by atoms with Crippen LogP contribution in [-0.4, -0.2) is 29.6 Å². The molecular formula is C7H15NO3Si. The highest BCUT2D eigenvalue weighted by Gasteiger charge is 2.37. The maximum Gasteiger partial charge on any atom is 0.501 e. The highest BCUT2D eigenvalue weighted by atomic mass is 28.4. The lowest BCUT2D eigenvalue weighted by atomic mass is 10.6. The molecule has 0 heterocycles. The molecule has 0 rings (SSSR count). The minimum absolute atomic E-state index is 0.411. The molecule has 4 nitrogen and oxygen atoms in total. The van der Waals surface area contributed by atoms with E-state index in [1.807, 2.05) is 13.0 Å². The summed E-state index contributed by atoms with van der Waals surface area (Å²) in [5, 5.41) is 8.39. The maximum atomic E-state index is 8.39. The highest BCUT2D eigenvalue weighted by Crippen LogP contribution is 2.15. The van der Waals surface area contributed by atoms with E-state index in [1.165, 1.54) is 0 Å². The van der Waals surface area contributed by atoms with Crippen LogP contribution < -0.4 is 0 Å². The molecule has 0 amide bonds. The highest BCUT2D eigenvalue weighted by molar-refractivity contribution is 6.60. The van der Waals surface area contributed by atoms with Gasteiger partial charge in [0.25, 0.3) is 0 Å². The van der Waals surface area contributed by atoms with E-state index in [0.717, 1.165) is 0 Å². The Morgan fingerprint density at radius 2 is 1.92 bits per heavy atom. The van der Waals surface area contributed by atoms with Crippen LogP contribution in [0.3, 0.4) is 0 Å². The second kappa shape index (κ2) is 6.14. The van der Waals surface area contributed by atoms with E-state index >= 15 is 0 Å². The van der Waals surface area contributed by atoms with Gasteiger partial charge in [0.05, 0.1) is 6.07 Å². The molecule has 12 heavy (non-hydrogen) atoms. The van der Waals surface area contributed by atoms with E-state index in [-0.39, 0.29) is 0 Å². The normalized spacial score (nSPS) is 11.2. The molecule has 0 aromatic carbocycles. The second-order valence-corrected chi connectivity index (χ2v) is 5.15. The minimum Gasteiger partial charge on any atom is -0.377 e. The molecule has 0 radical (unpaired) electrons. The molecule has 0 spiro atoms. The van der Waals surface area contributed by atoms with Crippen LogP contribution in [0.5, 0.6) is 0 Å². The fraction of sp³-hybridized carbons (Fsp3) is 0.857. The van der Waals surface area contributed by atoms with E-state index in [2.05, 4.69) is 0 Å². The average molecular weight is 189 g/mol. The first kappa shape index (κ1) is 11.6. The first-order chi connectivity index (χ1) is 5.74. The van der Waals surface area contributed by atoms with Crippen molar-refractivity contribution < 1.29 is 13.3 Å². The van der Waals surface area contributed by atoms with Crippen LogP contribution in [-0.2, 0) is 13.3 Å². The summed E-state index contributed by atoms with van der Waals surface area (Å²) in [5.41, 5.74) is 0. The van der Waals surface area contributed by atoms with Crippen molar-refractivity contribution in [2.75, 3.05) is 20.8 Å². The third-order valence-electron chi connectivity index (χ3n) is 1.53. The fourth-order valence-corrected chi connectivity index (χ4v) is 2.72. The lowest BCUT2D eigenvalue weighted by Gasteiger charge is -2.24. The lowest BCUT2D eigenvalue weighted by molar-refractivity contribution is 0.104. The first-order valence-electron chi connectivity index (χ1n) is 3.86. The second-order valence-electron chi connectivity index (χ2n) is 2.18. The van der Waals surface area contributed by atoms with Crippen molar-refractivity contribution in [3.63, 3.8) is 0 Å². The van der Waals surface area contributed by atoms with Crippen LogP contribution in [0.1, 0.15) is 13.3 Å². The predicted molar refractivity (Wildman–Crippen MR) is 46.4 cm³/mol. The first-order valence-corrected chi connectivity index (χ1v) is 5.79. The molecule has 0 aliphatic heterocycles. The maximum absolute atomic E-state index is 8.39. The number of nitrogens with zero attached hydrogens (tertiary/aromatic N) is 1. The molecule has 0 saturated carbocycles. The Labute approximate surface area is 74.4 Å². The zero-order valence-corrected chi connectivity index (χ0v) is 8.79. The monoisotopic (exact) mass is 189 g/mol. The smallest absolute Gasteiger partial charge is 0.377 e. The van der Waals surface area contributed by atoms with Gasteiger partial charge in [-0.05, 0) is 6.92 Å². The third-order valence-corrected chi connectivity index (χ3v) is 4.36. The zero-order chi connectivity index (χ0) is 9.45. The van der Waals surface area contributed by atoms with Gasteiger partial charge in [0.1, 0.15) is 0 Å². The van der Waals surface area contributed by atoms with Gasteiger partial charge in [-0.2, -0.15) is 5.26 Å². The summed E-state index contributed by atoms with van der Waals surface area (Å²) in [6.07, 6.45) is 0.411. The summed E-state index contributed by atoms with van der Waals surface area (Å²) in [5.74, 6) is 0. The van der Waals surface area contributed by atoms with E-state index in [1.54, 1.807) is 14.2 Å². The van der Waals surface area contributed by atoms with Gasteiger partial charge in [0.2, 0.25) is 0 Å². The molecule has 0 aliphatic carbocycles. The largest absolute Gasteiger partial charge is 0.501 e. The van der Waals surface area contributed by atoms with Gasteiger partial charge in [-0.15, -0.1) is 0 Å². The van der Waals surface area contributed by atoms with Crippen LogP contribution in [0.4, 0.5) is 0 Å². The Hall–Kier alpha value is -0.413. The van der Waals surface area contributed by atoms with E-state index < -0.39 is 8.80 Å². The van der Waals surface area contributed by atoms with Crippen molar-refractivity contribution in [3.05, 3.63) is 0 Å². The number of hydrogen-bond donors (Lipinski definition) is 0. The van der Waals surface area contributed by atoms with Crippen molar-refractivity contribution in [2.24, 2.45) is 0 Å². The lowest BCUT2D eigenvalue weighted by Crippen LogP contribution is -2.43. The van der Waals surface area contributed by atoms with E-state index in [4.69, 9.17) is 18.5 Å². The van der Waals surface area contributed by atoms with Crippen LogP contribution in [0.25, 0.3) is 0 Å². The van der Waals surface area contributed by atoms with Gasteiger partial charge in [-0.25, -0.2) is 0 Å². The van der Waals surface area contributed by atoms with Gasteiger partial charge in [0, 0.05) is 33.3 Å². The summed E-state index contributed by atoms with van der Waals surface area (Å²) in [6.45, 7) is 2.44. The molecular weight excluding hydrogens is 174 g/mol. The molecule has 0 unspecified atom stereocenters. The number of rotatable bonds is 6. The zero-order valence-electron chi connectivity index (χ0n) is 7.79. The summed E-state index contributed by atoms with van der Waals surface area (Å²) < 4.78 is 15.7. The van der Waals surface area contributed by atoms with Gasteiger partial charge < -0.3 is 13.3 Å². The molecule has 0 bridgehead atoms. The van der Waals surface area contributed by atoms with Gasteiger partial charge >= 0.3 is 8.80 Å². The van der Waals surface area contributed by atoms with E-state index in [0.29, 0.717) is 19.1 Å². The average Bonchev–Trinajstić information content (AvgIpc) is 2.13. The van der Waals surface area contributed by atoms with Crippen molar-refractivity contribution >= 4 is 8.80 Å². The Morgan fingerprint density at radius 1 is 1.33 bits per heavy atom. The van der Waals surface area contributed by atoms with Crippen molar-refractivity contribution in [2.45, 2.75) is 19.4 Å². The summed E-state index contributed by atoms with van der Waals surface area (Å²) in [6, 6.07) is 2.60. The molecule has 0 saturated heterocycles. The SMILES string of the molecule is CCO[Si](CCC#N)(OC)OC. The minimum atomic E-state index is -2.49. The quantitative estimate of drug-likeness (QED) is 0.588. The predicted octanol–water partition coefficient (Wildman–Crippen LogP) is 1.17. The van der Waals surface area contributed by atoms with Gasteiger partial charge in [0.15, 0.2) is 0 Å². The topological polar surface area (TPSA) is 51.5 Å². The molecule has 0 atom stereocenters.